The number of halogens is 2. The van der Waals surface area contributed by atoms with Crippen LogP contribution in [0, 0.1) is 11.6 Å². The molecule has 0 aliphatic heterocycles. The number of hydrogen-bond acceptors (Lipinski definition) is 3. The third-order valence-corrected chi connectivity index (χ3v) is 4.10. The van der Waals surface area contributed by atoms with Gasteiger partial charge in [-0.15, -0.1) is 11.3 Å². The van der Waals surface area contributed by atoms with E-state index in [0.29, 0.717) is 12.0 Å². The van der Waals surface area contributed by atoms with Crippen molar-refractivity contribution >= 4 is 11.3 Å². The second kappa shape index (κ2) is 6.81. The lowest BCUT2D eigenvalue weighted by Gasteiger charge is -2.18. The molecule has 1 N–H and O–H groups in total. The van der Waals surface area contributed by atoms with Crippen LogP contribution >= 0.6 is 11.3 Å². The average Bonchev–Trinajstić information content (AvgIpc) is 2.89. The molecule has 1 atom stereocenters. The number of nitrogens with one attached hydrogen (secondary N) is 1. The molecule has 1 unspecified atom stereocenters. The summed E-state index contributed by atoms with van der Waals surface area (Å²) in [5, 5.41) is 5.26. The predicted molar refractivity (Wildman–Crippen MR) is 77.4 cm³/mol. The van der Waals surface area contributed by atoms with E-state index in [1.807, 2.05) is 18.4 Å². The van der Waals surface area contributed by atoms with E-state index >= 15 is 0 Å². The van der Waals surface area contributed by atoms with E-state index in [4.69, 9.17) is 4.74 Å². The molecule has 5 heteroatoms. The van der Waals surface area contributed by atoms with Crippen molar-refractivity contribution in [2.24, 2.45) is 0 Å². The first-order chi connectivity index (χ1) is 9.65. The molecule has 2 rings (SSSR count). The number of rotatable bonds is 6. The Bertz CT molecular complexity index is 571. The fourth-order valence-electron chi connectivity index (χ4n) is 2.14. The molecule has 0 radical (unpaired) electrons. The van der Waals surface area contributed by atoms with Crippen molar-refractivity contribution in [1.82, 2.24) is 5.32 Å². The lowest BCUT2D eigenvalue weighted by molar-refractivity contribution is 0.402. The molecule has 0 fully saturated rings. The minimum absolute atomic E-state index is 0.0464. The number of thiophene rings is 1. The van der Waals surface area contributed by atoms with Crippen molar-refractivity contribution in [3.8, 4) is 5.75 Å². The Morgan fingerprint density at radius 1 is 1.30 bits per heavy atom. The Morgan fingerprint density at radius 3 is 2.75 bits per heavy atom. The topological polar surface area (TPSA) is 21.3 Å². The summed E-state index contributed by atoms with van der Waals surface area (Å²) in [6.07, 6.45) is 0.455. The minimum Gasteiger partial charge on any atom is -0.496 e. The van der Waals surface area contributed by atoms with Crippen molar-refractivity contribution < 1.29 is 13.5 Å². The normalized spacial score (nSPS) is 12.4. The summed E-state index contributed by atoms with van der Waals surface area (Å²) in [5.41, 5.74) is 0.493. The number of likely N-dealkylation sites (N-methyl/N-ethyl adjacent to an activating group) is 1. The Hall–Kier alpha value is -1.46. The van der Waals surface area contributed by atoms with Gasteiger partial charge in [0.1, 0.15) is 17.4 Å². The molecule has 2 nitrogen and oxygen atoms in total. The van der Waals surface area contributed by atoms with Gasteiger partial charge in [-0.3, -0.25) is 0 Å². The highest BCUT2D eigenvalue weighted by molar-refractivity contribution is 7.10. The van der Waals surface area contributed by atoms with Crippen LogP contribution in [0.1, 0.15) is 23.4 Å². The molecule has 0 spiro atoms. The van der Waals surface area contributed by atoms with Crippen molar-refractivity contribution in [2.75, 3.05) is 13.7 Å². The van der Waals surface area contributed by atoms with Gasteiger partial charge in [0.25, 0.3) is 0 Å². The standard InChI is InChI=1S/C15H17F2NOS/c1-3-18-13(15-14(19-2)6-7-20-15)8-10-4-5-11(16)9-12(10)17/h4-7,9,13,18H,3,8H2,1-2H3. The second-order valence-corrected chi connectivity index (χ2v) is 5.35. The molecule has 0 amide bonds. The zero-order chi connectivity index (χ0) is 14.5. The van der Waals surface area contributed by atoms with Gasteiger partial charge >= 0.3 is 0 Å². The molecule has 0 aliphatic rings. The number of benzene rings is 1. The van der Waals surface area contributed by atoms with E-state index in [1.165, 1.54) is 12.1 Å². The minimum atomic E-state index is -0.556. The predicted octanol–water partition coefficient (Wildman–Crippen LogP) is 3.93. The number of ether oxygens (including phenoxy) is 1. The van der Waals surface area contributed by atoms with Gasteiger partial charge in [0.05, 0.1) is 12.0 Å². The first-order valence-corrected chi connectivity index (χ1v) is 7.32. The van der Waals surface area contributed by atoms with E-state index < -0.39 is 11.6 Å². The smallest absolute Gasteiger partial charge is 0.134 e. The van der Waals surface area contributed by atoms with Gasteiger partial charge in [0.2, 0.25) is 0 Å². The summed E-state index contributed by atoms with van der Waals surface area (Å²) in [4.78, 5) is 1.03. The van der Waals surface area contributed by atoms with Crippen molar-refractivity contribution in [2.45, 2.75) is 19.4 Å². The van der Waals surface area contributed by atoms with E-state index in [1.54, 1.807) is 18.4 Å². The molecular weight excluding hydrogens is 280 g/mol. The Labute approximate surface area is 121 Å². The van der Waals surface area contributed by atoms with Crippen LogP contribution in [0.3, 0.4) is 0 Å². The molecule has 108 valence electrons. The largest absolute Gasteiger partial charge is 0.496 e. The molecule has 0 bridgehead atoms. The van der Waals surface area contributed by atoms with Gasteiger partial charge in [0.15, 0.2) is 0 Å². The highest BCUT2D eigenvalue weighted by Gasteiger charge is 2.19. The van der Waals surface area contributed by atoms with Gasteiger partial charge in [-0.25, -0.2) is 8.78 Å². The number of methoxy groups -OCH3 is 1. The van der Waals surface area contributed by atoms with E-state index in [9.17, 15) is 8.78 Å². The lowest BCUT2D eigenvalue weighted by atomic mass is 10.0. The highest BCUT2D eigenvalue weighted by Crippen LogP contribution is 2.33. The second-order valence-electron chi connectivity index (χ2n) is 4.40. The van der Waals surface area contributed by atoms with Gasteiger partial charge < -0.3 is 10.1 Å². The first-order valence-electron chi connectivity index (χ1n) is 6.44. The molecule has 1 aromatic carbocycles. The summed E-state index contributed by atoms with van der Waals surface area (Å²) in [5.74, 6) is -0.271. The summed E-state index contributed by atoms with van der Waals surface area (Å²) in [6.45, 7) is 2.75. The van der Waals surface area contributed by atoms with Crippen molar-refractivity contribution in [3.05, 3.63) is 51.7 Å². The maximum absolute atomic E-state index is 13.8. The monoisotopic (exact) mass is 297 g/mol. The van der Waals surface area contributed by atoms with Gasteiger partial charge in [-0.2, -0.15) is 0 Å². The molecule has 1 aromatic heterocycles. The SMILES string of the molecule is CCNC(Cc1ccc(F)cc1F)c1sccc1OC. The van der Waals surface area contributed by atoms with Crippen LogP contribution in [0.25, 0.3) is 0 Å². The van der Waals surface area contributed by atoms with Crippen LogP contribution < -0.4 is 10.1 Å². The van der Waals surface area contributed by atoms with Gasteiger partial charge in [-0.1, -0.05) is 13.0 Å². The van der Waals surface area contributed by atoms with Gasteiger partial charge in [0, 0.05) is 12.1 Å². The first kappa shape index (κ1) is 14.9. The lowest BCUT2D eigenvalue weighted by Crippen LogP contribution is -2.23. The fraction of sp³-hybridized carbons (Fsp3) is 0.333. The summed E-state index contributed by atoms with van der Waals surface area (Å²) >= 11 is 1.57. The van der Waals surface area contributed by atoms with Crippen LogP contribution in [0.15, 0.2) is 29.6 Å². The maximum Gasteiger partial charge on any atom is 0.134 e. The van der Waals surface area contributed by atoms with Crippen LogP contribution in [0.2, 0.25) is 0 Å². The van der Waals surface area contributed by atoms with E-state index in [2.05, 4.69) is 5.32 Å². The summed E-state index contributed by atoms with van der Waals surface area (Å²) in [6, 6.07) is 5.55. The Balaban J connectivity index is 2.25. The third kappa shape index (κ3) is 3.35. The van der Waals surface area contributed by atoms with Crippen LogP contribution in [0.4, 0.5) is 8.78 Å². The molecule has 1 heterocycles. The van der Waals surface area contributed by atoms with Crippen molar-refractivity contribution in [1.29, 1.82) is 0 Å². The zero-order valence-corrected chi connectivity index (χ0v) is 12.3. The molecule has 20 heavy (non-hydrogen) atoms. The Morgan fingerprint density at radius 2 is 2.10 bits per heavy atom. The zero-order valence-electron chi connectivity index (χ0n) is 11.5. The maximum atomic E-state index is 13.8. The van der Waals surface area contributed by atoms with E-state index in [-0.39, 0.29) is 6.04 Å². The molecule has 0 saturated heterocycles. The highest BCUT2D eigenvalue weighted by atomic mass is 32.1. The van der Waals surface area contributed by atoms with Crippen LogP contribution in [-0.2, 0) is 6.42 Å². The van der Waals surface area contributed by atoms with Crippen molar-refractivity contribution in [3.63, 3.8) is 0 Å². The molecule has 0 saturated carbocycles. The van der Waals surface area contributed by atoms with Crippen LogP contribution in [0.5, 0.6) is 5.75 Å². The molecule has 2 aromatic rings. The average molecular weight is 297 g/mol. The third-order valence-electron chi connectivity index (χ3n) is 3.08. The quantitative estimate of drug-likeness (QED) is 0.872. The molecular formula is C15H17F2NOS. The van der Waals surface area contributed by atoms with Crippen LogP contribution in [-0.4, -0.2) is 13.7 Å². The summed E-state index contributed by atoms with van der Waals surface area (Å²) in [7, 11) is 1.62. The Kier molecular flexibility index (Phi) is 5.09. The summed E-state index contributed by atoms with van der Waals surface area (Å²) < 4.78 is 32.0. The van der Waals surface area contributed by atoms with Gasteiger partial charge in [-0.05, 0) is 36.0 Å². The number of hydrogen-bond donors (Lipinski definition) is 1. The van der Waals surface area contributed by atoms with E-state index in [0.717, 1.165) is 23.2 Å². The molecule has 0 aliphatic carbocycles. The fourth-order valence-corrected chi connectivity index (χ4v) is 3.08.